The molecule has 0 bridgehead atoms. The zero-order valence-corrected chi connectivity index (χ0v) is 15.8. The van der Waals surface area contributed by atoms with E-state index in [1.807, 2.05) is 12.3 Å². The Morgan fingerprint density at radius 3 is 2.00 bits per heavy atom. The number of nitrogens with zero attached hydrogens (tertiary/aromatic N) is 4. The predicted octanol–water partition coefficient (Wildman–Crippen LogP) is 4.50. The third-order valence-electron chi connectivity index (χ3n) is 3.94. The normalized spacial score (nSPS) is 11.8. The zero-order valence-electron chi connectivity index (χ0n) is 15.8. The van der Waals surface area contributed by atoms with Crippen molar-refractivity contribution in [3.63, 3.8) is 0 Å². The first kappa shape index (κ1) is 19.8. The first-order chi connectivity index (χ1) is 11.3. The summed E-state index contributed by atoms with van der Waals surface area (Å²) < 4.78 is 0. The van der Waals surface area contributed by atoms with E-state index in [1.54, 1.807) is 0 Å². The molecule has 0 aliphatic heterocycles. The van der Waals surface area contributed by atoms with Crippen molar-refractivity contribution >= 4 is 12.0 Å². The van der Waals surface area contributed by atoms with Gasteiger partial charge < -0.3 is 9.80 Å². The molecule has 0 amide bonds. The summed E-state index contributed by atoms with van der Waals surface area (Å²) in [4.78, 5) is 8.56. The van der Waals surface area contributed by atoms with Gasteiger partial charge in [-0.15, -0.1) is 4.99 Å². The molecule has 0 radical (unpaired) electrons. The molecule has 0 aromatic heterocycles. The van der Waals surface area contributed by atoms with Gasteiger partial charge in [0.2, 0.25) is 12.2 Å². The summed E-state index contributed by atoms with van der Waals surface area (Å²) in [5.74, 6) is 0.741. The number of aliphatic imine (C=N–C) groups is 1. The minimum atomic E-state index is 0.233. The van der Waals surface area contributed by atoms with Crippen LogP contribution in [0.3, 0.4) is 0 Å². The summed E-state index contributed by atoms with van der Waals surface area (Å²) in [7, 11) is 0. The minimum Gasteiger partial charge on any atom is -0.337 e. The Morgan fingerprint density at radius 1 is 1.08 bits per heavy atom. The molecule has 0 heterocycles. The summed E-state index contributed by atoms with van der Waals surface area (Å²) in [6.45, 7) is 17.3. The molecule has 4 heteroatoms. The molecular weight excluding hydrogens is 296 g/mol. The molecule has 0 aliphatic carbocycles. The molecule has 0 aliphatic rings. The lowest BCUT2D eigenvalue weighted by Gasteiger charge is -2.40. The van der Waals surface area contributed by atoms with Crippen molar-refractivity contribution in [3.05, 3.63) is 42.0 Å². The lowest BCUT2D eigenvalue weighted by atomic mass is 10.1. The SMILES string of the molecule is C=Cc1ccc(CN(C(=NC#N)N(C(C)C)C(C)C)C(C)C)cc1. The molecule has 0 saturated carbocycles. The van der Waals surface area contributed by atoms with Crippen LogP contribution in [0.15, 0.2) is 35.8 Å². The second-order valence-corrected chi connectivity index (χ2v) is 6.77. The fourth-order valence-corrected chi connectivity index (χ4v) is 2.81. The molecule has 4 nitrogen and oxygen atoms in total. The maximum atomic E-state index is 9.21. The Labute approximate surface area is 147 Å². The number of nitriles is 1. The Kier molecular flexibility index (Phi) is 7.51. The van der Waals surface area contributed by atoms with Crippen LogP contribution in [0.2, 0.25) is 0 Å². The van der Waals surface area contributed by atoms with Gasteiger partial charge in [-0.05, 0) is 52.7 Å². The van der Waals surface area contributed by atoms with Crippen LogP contribution in [0.5, 0.6) is 0 Å². The quantitative estimate of drug-likeness (QED) is 0.439. The molecule has 24 heavy (non-hydrogen) atoms. The summed E-state index contributed by atoms with van der Waals surface area (Å²) in [6.07, 6.45) is 3.83. The van der Waals surface area contributed by atoms with Crippen molar-refractivity contribution in [1.82, 2.24) is 9.80 Å². The van der Waals surface area contributed by atoms with Gasteiger partial charge in [-0.3, -0.25) is 0 Å². The van der Waals surface area contributed by atoms with E-state index in [4.69, 9.17) is 0 Å². The molecule has 1 aromatic rings. The standard InChI is InChI=1S/C20H30N4/c1-8-18-9-11-19(12-10-18)13-23(15(2)3)20(22-14-21)24(16(4)5)17(6)7/h8-12,15-17H,1,13H2,2-7H3. The predicted molar refractivity (Wildman–Crippen MR) is 102 cm³/mol. The average molecular weight is 326 g/mol. The summed E-state index contributed by atoms with van der Waals surface area (Å²) in [5, 5.41) is 9.21. The van der Waals surface area contributed by atoms with Gasteiger partial charge in [0.15, 0.2) is 0 Å². The summed E-state index contributed by atoms with van der Waals surface area (Å²) in [5.41, 5.74) is 2.29. The van der Waals surface area contributed by atoms with Crippen molar-refractivity contribution in [2.45, 2.75) is 66.2 Å². The highest BCUT2D eigenvalue weighted by Crippen LogP contribution is 2.17. The zero-order chi connectivity index (χ0) is 18.3. The van der Waals surface area contributed by atoms with Gasteiger partial charge in [0.05, 0.1) is 0 Å². The highest BCUT2D eigenvalue weighted by Gasteiger charge is 2.25. The van der Waals surface area contributed by atoms with Crippen molar-refractivity contribution in [3.8, 4) is 6.19 Å². The summed E-state index contributed by atoms with van der Waals surface area (Å²) in [6, 6.07) is 9.09. The Hall–Kier alpha value is -2.28. The van der Waals surface area contributed by atoms with Crippen LogP contribution in [0.4, 0.5) is 0 Å². The van der Waals surface area contributed by atoms with Gasteiger partial charge in [0, 0.05) is 24.7 Å². The number of rotatable bonds is 6. The largest absolute Gasteiger partial charge is 0.337 e. The Morgan fingerprint density at radius 2 is 1.62 bits per heavy atom. The van der Waals surface area contributed by atoms with E-state index in [0.29, 0.717) is 6.54 Å². The molecule has 1 aromatic carbocycles. The maximum Gasteiger partial charge on any atom is 0.213 e. The van der Waals surface area contributed by atoms with Crippen LogP contribution in [0, 0.1) is 11.5 Å². The van der Waals surface area contributed by atoms with Gasteiger partial charge in [-0.1, -0.05) is 36.9 Å². The number of guanidine groups is 1. The van der Waals surface area contributed by atoms with Crippen LogP contribution in [0.25, 0.3) is 6.08 Å². The van der Waals surface area contributed by atoms with Crippen LogP contribution in [-0.4, -0.2) is 33.9 Å². The first-order valence-corrected chi connectivity index (χ1v) is 8.54. The highest BCUT2D eigenvalue weighted by atomic mass is 15.4. The highest BCUT2D eigenvalue weighted by molar-refractivity contribution is 5.82. The Balaban J connectivity index is 3.20. The fourth-order valence-electron chi connectivity index (χ4n) is 2.81. The monoisotopic (exact) mass is 326 g/mol. The smallest absolute Gasteiger partial charge is 0.213 e. The van der Waals surface area contributed by atoms with E-state index in [9.17, 15) is 5.26 Å². The second kappa shape index (κ2) is 9.12. The van der Waals surface area contributed by atoms with E-state index in [0.717, 1.165) is 11.5 Å². The summed E-state index contributed by atoms with van der Waals surface area (Å²) >= 11 is 0. The molecule has 0 N–H and O–H groups in total. The topological polar surface area (TPSA) is 42.6 Å². The van der Waals surface area contributed by atoms with Crippen LogP contribution >= 0.6 is 0 Å². The van der Waals surface area contributed by atoms with Gasteiger partial charge in [0.1, 0.15) is 0 Å². The van der Waals surface area contributed by atoms with E-state index in [2.05, 4.69) is 87.2 Å². The molecule has 0 fully saturated rings. The molecule has 0 spiro atoms. The molecule has 0 unspecified atom stereocenters. The van der Waals surface area contributed by atoms with E-state index >= 15 is 0 Å². The van der Waals surface area contributed by atoms with E-state index in [1.165, 1.54) is 5.56 Å². The van der Waals surface area contributed by atoms with Crippen molar-refractivity contribution in [1.29, 1.82) is 5.26 Å². The van der Waals surface area contributed by atoms with Crippen LogP contribution < -0.4 is 0 Å². The van der Waals surface area contributed by atoms with Gasteiger partial charge >= 0.3 is 0 Å². The maximum absolute atomic E-state index is 9.21. The van der Waals surface area contributed by atoms with Gasteiger partial charge in [-0.2, -0.15) is 5.26 Å². The minimum absolute atomic E-state index is 0.233. The van der Waals surface area contributed by atoms with Gasteiger partial charge in [-0.25, -0.2) is 0 Å². The second-order valence-electron chi connectivity index (χ2n) is 6.77. The number of hydrogen-bond acceptors (Lipinski definition) is 2. The number of benzene rings is 1. The third-order valence-corrected chi connectivity index (χ3v) is 3.94. The third kappa shape index (κ3) is 5.13. The van der Waals surface area contributed by atoms with Crippen molar-refractivity contribution in [2.24, 2.45) is 4.99 Å². The van der Waals surface area contributed by atoms with E-state index in [-0.39, 0.29) is 18.1 Å². The van der Waals surface area contributed by atoms with Crippen molar-refractivity contribution in [2.75, 3.05) is 0 Å². The molecular formula is C20H30N4. The molecule has 0 saturated heterocycles. The average Bonchev–Trinajstić information content (AvgIpc) is 2.51. The first-order valence-electron chi connectivity index (χ1n) is 8.54. The van der Waals surface area contributed by atoms with Gasteiger partial charge in [0.25, 0.3) is 0 Å². The molecule has 0 atom stereocenters. The fraction of sp³-hybridized carbons (Fsp3) is 0.500. The lowest BCUT2D eigenvalue weighted by Crippen LogP contribution is -2.52. The van der Waals surface area contributed by atoms with Crippen LogP contribution in [-0.2, 0) is 6.54 Å². The molecule has 1 rings (SSSR count). The number of hydrogen-bond donors (Lipinski definition) is 0. The lowest BCUT2D eigenvalue weighted by molar-refractivity contribution is 0.219. The Bertz CT molecular complexity index is 583. The van der Waals surface area contributed by atoms with Crippen molar-refractivity contribution < 1.29 is 0 Å². The van der Waals surface area contributed by atoms with Crippen LogP contribution in [0.1, 0.15) is 52.7 Å². The molecule has 130 valence electrons. The van der Waals surface area contributed by atoms with E-state index < -0.39 is 0 Å².